The lowest BCUT2D eigenvalue weighted by Crippen LogP contribution is -2.31. The van der Waals surface area contributed by atoms with E-state index in [4.69, 9.17) is 23.2 Å². The number of aryl methyl sites for hydroxylation is 1. The zero-order chi connectivity index (χ0) is 20.6. The van der Waals surface area contributed by atoms with Crippen LogP contribution in [0, 0.1) is 11.6 Å². The normalized spacial score (nSPS) is 11.5. The van der Waals surface area contributed by atoms with Gasteiger partial charge >= 0.3 is 0 Å². The fourth-order valence-corrected chi connectivity index (χ4v) is 4.63. The quantitative estimate of drug-likeness (QED) is 0.662. The molecule has 0 saturated heterocycles. The largest absolute Gasteiger partial charge is 0.285 e. The van der Waals surface area contributed by atoms with Crippen molar-refractivity contribution in [3.8, 4) is 11.3 Å². The molecular formula is C17H11Cl2F2N3O3S. The maximum absolute atomic E-state index is 14.0. The van der Waals surface area contributed by atoms with Crippen LogP contribution >= 0.6 is 23.2 Å². The van der Waals surface area contributed by atoms with Gasteiger partial charge in [-0.25, -0.2) is 21.9 Å². The van der Waals surface area contributed by atoms with Crippen LogP contribution in [-0.4, -0.2) is 24.1 Å². The Morgan fingerprint density at radius 2 is 1.61 bits per heavy atom. The van der Waals surface area contributed by atoms with Crippen LogP contribution in [0.5, 0.6) is 0 Å². The molecule has 0 aliphatic carbocycles. The number of nitrogens with one attached hydrogen (secondary N) is 1. The standard InChI is InChI=1S/C17H11Cl2F2N3O3S/c1-24-14(15-11(20)6-3-7-12(15)21)8-13(22-24)17(25)23-28(26,27)16-9(18)4-2-5-10(16)19/h2-8H,1H3,(H,23,25). The molecule has 0 radical (unpaired) electrons. The molecule has 146 valence electrons. The van der Waals surface area contributed by atoms with Gasteiger partial charge < -0.3 is 0 Å². The van der Waals surface area contributed by atoms with Crippen LogP contribution in [0.4, 0.5) is 8.78 Å². The Balaban J connectivity index is 1.97. The first-order chi connectivity index (χ1) is 13.1. The summed E-state index contributed by atoms with van der Waals surface area (Å²) in [5.41, 5.74) is -0.811. The lowest BCUT2D eigenvalue weighted by atomic mass is 10.1. The summed E-state index contributed by atoms with van der Waals surface area (Å²) in [6.07, 6.45) is 0. The van der Waals surface area contributed by atoms with Crippen LogP contribution in [-0.2, 0) is 17.1 Å². The molecule has 3 aromatic rings. The smallest absolute Gasteiger partial charge is 0.267 e. The molecule has 3 rings (SSSR count). The number of nitrogens with zero attached hydrogens (tertiary/aromatic N) is 2. The molecule has 0 atom stereocenters. The molecule has 1 N–H and O–H groups in total. The SMILES string of the molecule is Cn1nc(C(=O)NS(=O)(=O)c2c(Cl)cccc2Cl)cc1-c1c(F)cccc1F. The molecule has 0 fully saturated rings. The molecule has 1 aromatic heterocycles. The number of carbonyl (C=O) groups excluding carboxylic acids is 1. The van der Waals surface area contributed by atoms with Crippen molar-refractivity contribution in [3.63, 3.8) is 0 Å². The molecule has 1 heterocycles. The lowest BCUT2D eigenvalue weighted by Gasteiger charge is -2.08. The highest BCUT2D eigenvalue weighted by Gasteiger charge is 2.26. The number of carbonyl (C=O) groups is 1. The van der Waals surface area contributed by atoms with Crippen LogP contribution in [0.1, 0.15) is 10.5 Å². The van der Waals surface area contributed by atoms with E-state index < -0.39 is 38.0 Å². The second kappa shape index (κ2) is 7.50. The lowest BCUT2D eigenvalue weighted by molar-refractivity contribution is 0.0976. The number of rotatable bonds is 4. The topological polar surface area (TPSA) is 81.1 Å². The number of aromatic nitrogens is 2. The summed E-state index contributed by atoms with van der Waals surface area (Å²) >= 11 is 11.7. The van der Waals surface area contributed by atoms with Crippen molar-refractivity contribution in [1.82, 2.24) is 14.5 Å². The summed E-state index contributed by atoms with van der Waals surface area (Å²) in [5.74, 6) is -2.83. The van der Waals surface area contributed by atoms with Gasteiger partial charge in [0.25, 0.3) is 15.9 Å². The van der Waals surface area contributed by atoms with E-state index in [1.54, 1.807) is 4.72 Å². The fraction of sp³-hybridized carbons (Fsp3) is 0.0588. The minimum Gasteiger partial charge on any atom is -0.267 e. The summed E-state index contributed by atoms with van der Waals surface area (Å²) < 4.78 is 55.8. The number of sulfonamides is 1. The molecule has 0 spiro atoms. The molecule has 2 aromatic carbocycles. The predicted octanol–water partition coefficient (Wildman–Crippen LogP) is 3.79. The van der Waals surface area contributed by atoms with E-state index in [0.717, 1.165) is 22.9 Å². The van der Waals surface area contributed by atoms with Gasteiger partial charge in [0.05, 0.1) is 21.3 Å². The van der Waals surface area contributed by atoms with Crippen molar-refractivity contribution in [2.24, 2.45) is 7.05 Å². The number of hydrogen-bond acceptors (Lipinski definition) is 4. The Kier molecular flexibility index (Phi) is 5.42. The number of halogens is 4. The minimum atomic E-state index is -4.41. The molecule has 11 heteroatoms. The number of hydrogen-bond donors (Lipinski definition) is 1. The van der Waals surface area contributed by atoms with Gasteiger partial charge in [-0.05, 0) is 30.3 Å². The molecule has 28 heavy (non-hydrogen) atoms. The Bertz CT molecular complexity index is 1160. The molecule has 0 aliphatic heterocycles. The van der Waals surface area contributed by atoms with Crippen molar-refractivity contribution in [3.05, 3.63) is 69.8 Å². The van der Waals surface area contributed by atoms with Gasteiger partial charge in [-0.15, -0.1) is 0 Å². The van der Waals surface area contributed by atoms with Gasteiger partial charge in [0.1, 0.15) is 16.5 Å². The zero-order valence-corrected chi connectivity index (χ0v) is 16.4. The maximum atomic E-state index is 14.0. The summed E-state index contributed by atoms with van der Waals surface area (Å²) in [6, 6.07) is 8.40. The van der Waals surface area contributed by atoms with Crippen molar-refractivity contribution >= 4 is 39.1 Å². The van der Waals surface area contributed by atoms with Crippen LogP contribution in [0.2, 0.25) is 10.0 Å². The van der Waals surface area contributed by atoms with E-state index in [0.29, 0.717) is 0 Å². The molecule has 0 unspecified atom stereocenters. The monoisotopic (exact) mass is 445 g/mol. The first kappa shape index (κ1) is 20.2. The summed E-state index contributed by atoms with van der Waals surface area (Å²) in [6.45, 7) is 0. The van der Waals surface area contributed by atoms with E-state index in [9.17, 15) is 22.0 Å². The second-order valence-electron chi connectivity index (χ2n) is 5.62. The highest BCUT2D eigenvalue weighted by atomic mass is 35.5. The molecule has 0 saturated carbocycles. The van der Waals surface area contributed by atoms with E-state index in [1.165, 1.54) is 31.3 Å². The summed E-state index contributed by atoms with van der Waals surface area (Å²) in [5, 5.41) is 3.48. The summed E-state index contributed by atoms with van der Waals surface area (Å²) in [7, 11) is -3.06. The third-order valence-electron chi connectivity index (χ3n) is 3.75. The van der Waals surface area contributed by atoms with E-state index >= 15 is 0 Å². The Labute approximate surface area is 168 Å². The van der Waals surface area contributed by atoms with Crippen LogP contribution in [0.25, 0.3) is 11.3 Å². The van der Waals surface area contributed by atoms with Gasteiger partial charge in [0.2, 0.25) is 0 Å². The molecule has 0 bridgehead atoms. The van der Waals surface area contributed by atoms with Gasteiger partial charge in [-0.2, -0.15) is 5.10 Å². The van der Waals surface area contributed by atoms with E-state index in [2.05, 4.69) is 5.10 Å². The van der Waals surface area contributed by atoms with Crippen molar-refractivity contribution in [2.45, 2.75) is 4.90 Å². The van der Waals surface area contributed by atoms with Gasteiger partial charge in [0, 0.05) is 7.05 Å². The van der Waals surface area contributed by atoms with Gasteiger partial charge in [0.15, 0.2) is 5.69 Å². The fourth-order valence-electron chi connectivity index (χ4n) is 2.52. The third kappa shape index (κ3) is 3.73. The Morgan fingerprint density at radius 1 is 1.07 bits per heavy atom. The average Bonchev–Trinajstić information content (AvgIpc) is 2.96. The minimum absolute atomic E-state index is 0.0473. The Hall–Kier alpha value is -2.49. The van der Waals surface area contributed by atoms with Gasteiger partial charge in [-0.3, -0.25) is 9.48 Å². The molecule has 6 nitrogen and oxygen atoms in total. The highest BCUT2D eigenvalue weighted by Crippen LogP contribution is 2.29. The first-order valence-electron chi connectivity index (χ1n) is 7.61. The van der Waals surface area contributed by atoms with Gasteiger partial charge in [-0.1, -0.05) is 35.3 Å². The highest BCUT2D eigenvalue weighted by molar-refractivity contribution is 7.90. The van der Waals surface area contributed by atoms with Crippen molar-refractivity contribution in [1.29, 1.82) is 0 Å². The van der Waals surface area contributed by atoms with E-state index in [1.807, 2.05) is 0 Å². The molecule has 0 aliphatic rings. The van der Waals surface area contributed by atoms with Crippen molar-refractivity contribution in [2.75, 3.05) is 0 Å². The third-order valence-corrected chi connectivity index (χ3v) is 6.03. The zero-order valence-electron chi connectivity index (χ0n) is 14.1. The van der Waals surface area contributed by atoms with Crippen LogP contribution in [0.15, 0.2) is 47.4 Å². The molecule has 1 amide bonds. The van der Waals surface area contributed by atoms with Crippen LogP contribution in [0.3, 0.4) is 0 Å². The second-order valence-corrected chi connectivity index (χ2v) is 8.05. The maximum Gasteiger partial charge on any atom is 0.285 e. The summed E-state index contributed by atoms with van der Waals surface area (Å²) in [4.78, 5) is 11.9. The predicted molar refractivity (Wildman–Crippen MR) is 99.7 cm³/mol. The number of amides is 1. The van der Waals surface area contributed by atoms with Crippen LogP contribution < -0.4 is 4.72 Å². The number of benzene rings is 2. The molecular weight excluding hydrogens is 435 g/mol. The Morgan fingerprint density at radius 3 is 2.18 bits per heavy atom. The average molecular weight is 446 g/mol. The first-order valence-corrected chi connectivity index (χ1v) is 9.85. The van der Waals surface area contributed by atoms with E-state index in [-0.39, 0.29) is 21.4 Å². The van der Waals surface area contributed by atoms with Crippen molar-refractivity contribution < 1.29 is 22.0 Å².